The molecule has 3 heterocycles. The van der Waals surface area contributed by atoms with Crippen LogP contribution in [0.5, 0.6) is 0 Å². The Hall–Kier alpha value is -3.49. The molecular formula is C19H21FN8. The first-order valence-electron chi connectivity index (χ1n) is 9.06. The lowest BCUT2D eigenvalue weighted by Gasteiger charge is -2.35. The van der Waals surface area contributed by atoms with Crippen LogP contribution in [0.4, 0.5) is 10.3 Å². The Morgan fingerprint density at radius 3 is 2.54 bits per heavy atom. The van der Waals surface area contributed by atoms with Crippen LogP contribution in [0.25, 0.3) is 5.69 Å². The monoisotopic (exact) mass is 380 g/mol. The van der Waals surface area contributed by atoms with Gasteiger partial charge >= 0.3 is 0 Å². The lowest BCUT2D eigenvalue weighted by Crippen LogP contribution is -2.51. The first kappa shape index (κ1) is 17.9. The van der Waals surface area contributed by atoms with E-state index >= 15 is 0 Å². The van der Waals surface area contributed by atoms with Crippen molar-refractivity contribution in [2.45, 2.75) is 6.54 Å². The van der Waals surface area contributed by atoms with Crippen LogP contribution in [-0.2, 0) is 6.54 Å². The number of anilines is 1. The fraction of sp³-hybridized carbons (Fsp3) is 0.263. The molecule has 4 rings (SSSR count). The van der Waals surface area contributed by atoms with Crippen molar-refractivity contribution < 1.29 is 4.39 Å². The summed E-state index contributed by atoms with van der Waals surface area (Å²) in [5, 5.41) is 4.18. The highest BCUT2D eigenvalue weighted by molar-refractivity contribution is 5.78. The van der Waals surface area contributed by atoms with Crippen molar-refractivity contribution in [2.24, 2.45) is 10.7 Å². The number of halogens is 1. The normalized spacial score (nSPS) is 15.1. The Morgan fingerprint density at radius 1 is 1.04 bits per heavy atom. The van der Waals surface area contributed by atoms with Gasteiger partial charge in [-0.25, -0.2) is 24.0 Å². The number of nitrogens with two attached hydrogens (primary N) is 1. The molecule has 8 nitrogen and oxygen atoms in total. The predicted octanol–water partition coefficient (Wildman–Crippen LogP) is 1.44. The van der Waals surface area contributed by atoms with E-state index in [1.807, 2.05) is 11.0 Å². The third-order valence-electron chi connectivity index (χ3n) is 4.68. The molecule has 0 spiro atoms. The molecule has 0 saturated carbocycles. The van der Waals surface area contributed by atoms with Crippen molar-refractivity contribution >= 4 is 11.9 Å². The van der Waals surface area contributed by atoms with Crippen molar-refractivity contribution in [1.29, 1.82) is 0 Å². The molecule has 1 aliphatic rings. The number of aromatic nitrogens is 4. The smallest absolute Gasteiger partial charge is 0.225 e. The lowest BCUT2D eigenvalue weighted by atomic mass is 10.1. The molecule has 0 amide bonds. The second-order valence-electron chi connectivity index (χ2n) is 6.39. The van der Waals surface area contributed by atoms with Gasteiger partial charge in [0, 0.05) is 56.5 Å². The van der Waals surface area contributed by atoms with Crippen molar-refractivity contribution in [1.82, 2.24) is 24.6 Å². The average molecular weight is 380 g/mol. The fourth-order valence-corrected chi connectivity index (χ4v) is 3.18. The van der Waals surface area contributed by atoms with Crippen LogP contribution in [0.3, 0.4) is 0 Å². The van der Waals surface area contributed by atoms with Crippen LogP contribution in [0, 0.1) is 5.82 Å². The van der Waals surface area contributed by atoms with Crippen LogP contribution in [0.1, 0.15) is 5.56 Å². The van der Waals surface area contributed by atoms with Crippen molar-refractivity contribution in [3.8, 4) is 5.69 Å². The van der Waals surface area contributed by atoms with E-state index in [0.29, 0.717) is 36.2 Å². The van der Waals surface area contributed by atoms with E-state index in [-0.39, 0.29) is 12.4 Å². The maximum Gasteiger partial charge on any atom is 0.225 e. The van der Waals surface area contributed by atoms with Gasteiger partial charge in [0.25, 0.3) is 0 Å². The zero-order chi connectivity index (χ0) is 19.3. The number of rotatable bonds is 4. The van der Waals surface area contributed by atoms with Gasteiger partial charge in [-0.15, -0.1) is 0 Å². The number of benzene rings is 1. The lowest BCUT2D eigenvalue weighted by molar-refractivity contribution is 0.378. The first-order chi connectivity index (χ1) is 13.7. The third kappa shape index (κ3) is 3.78. The van der Waals surface area contributed by atoms with Crippen LogP contribution in [0.2, 0.25) is 0 Å². The Kier molecular flexibility index (Phi) is 5.14. The zero-order valence-electron chi connectivity index (χ0n) is 15.3. The number of aliphatic imine (C=N–C) groups is 1. The molecule has 2 aromatic heterocycles. The van der Waals surface area contributed by atoms with Gasteiger partial charge in [-0.2, -0.15) is 5.10 Å². The molecule has 0 aliphatic carbocycles. The summed E-state index contributed by atoms with van der Waals surface area (Å²) < 4.78 is 16.0. The van der Waals surface area contributed by atoms with Crippen molar-refractivity contribution in [2.75, 3.05) is 31.1 Å². The summed E-state index contributed by atoms with van der Waals surface area (Å²) in [5.41, 5.74) is 7.30. The third-order valence-corrected chi connectivity index (χ3v) is 4.68. The van der Waals surface area contributed by atoms with Crippen molar-refractivity contribution in [3.05, 3.63) is 66.5 Å². The average Bonchev–Trinajstić information content (AvgIpc) is 3.28. The predicted molar refractivity (Wildman–Crippen MR) is 105 cm³/mol. The number of hydrogen-bond acceptors (Lipinski definition) is 5. The quantitative estimate of drug-likeness (QED) is 0.544. The molecule has 9 heteroatoms. The summed E-state index contributed by atoms with van der Waals surface area (Å²) in [6.45, 7) is 3.06. The molecule has 0 unspecified atom stereocenters. The minimum absolute atomic E-state index is 0.149. The molecule has 0 bridgehead atoms. The molecule has 1 aromatic carbocycles. The Bertz CT molecular complexity index is 934. The van der Waals surface area contributed by atoms with Gasteiger partial charge in [-0.05, 0) is 24.3 Å². The second-order valence-corrected chi connectivity index (χ2v) is 6.39. The van der Waals surface area contributed by atoms with Gasteiger partial charge in [0.2, 0.25) is 5.95 Å². The first-order valence-corrected chi connectivity index (χ1v) is 9.06. The van der Waals surface area contributed by atoms with E-state index in [2.05, 4.69) is 25.0 Å². The molecule has 2 N–H and O–H groups in total. The summed E-state index contributed by atoms with van der Waals surface area (Å²) >= 11 is 0. The van der Waals surface area contributed by atoms with Gasteiger partial charge in [0.05, 0.1) is 12.2 Å². The van der Waals surface area contributed by atoms with E-state index < -0.39 is 0 Å². The van der Waals surface area contributed by atoms with E-state index in [1.165, 1.54) is 6.07 Å². The topological polar surface area (TPSA) is 88.5 Å². The minimum atomic E-state index is -0.324. The largest absolute Gasteiger partial charge is 0.370 e. The zero-order valence-corrected chi connectivity index (χ0v) is 15.3. The molecule has 0 radical (unpaired) electrons. The van der Waals surface area contributed by atoms with E-state index in [1.54, 1.807) is 47.7 Å². The van der Waals surface area contributed by atoms with E-state index in [4.69, 9.17) is 5.73 Å². The summed E-state index contributed by atoms with van der Waals surface area (Å²) in [7, 11) is 0. The Morgan fingerprint density at radius 2 is 1.82 bits per heavy atom. The van der Waals surface area contributed by atoms with E-state index in [9.17, 15) is 4.39 Å². The number of nitrogens with zero attached hydrogens (tertiary/aromatic N) is 7. The summed E-state index contributed by atoms with van der Waals surface area (Å²) in [6, 6.07) is 8.49. The Balaban J connectivity index is 1.44. The molecular weight excluding hydrogens is 359 g/mol. The summed E-state index contributed by atoms with van der Waals surface area (Å²) in [6.07, 6.45) is 6.89. The summed E-state index contributed by atoms with van der Waals surface area (Å²) in [4.78, 5) is 17.1. The van der Waals surface area contributed by atoms with Crippen LogP contribution in [0.15, 0.2) is 60.1 Å². The highest BCUT2D eigenvalue weighted by Gasteiger charge is 2.20. The van der Waals surface area contributed by atoms with Gasteiger partial charge in [-0.3, -0.25) is 0 Å². The van der Waals surface area contributed by atoms with Crippen molar-refractivity contribution in [3.63, 3.8) is 0 Å². The number of hydrogen-bond donors (Lipinski definition) is 1. The van der Waals surface area contributed by atoms with Crippen LogP contribution in [-0.4, -0.2) is 56.8 Å². The van der Waals surface area contributed by atoms with Crippen LogP contribution >= 0.6 is 0 Å². The molecule has 3 aromatic rings. The van der Waals surface area contributed by atoms with Gasteiger partial charge < -0.3 is 15.5 Å². The van der Waals surface area contributed by atoms with Crippen LogP contribution < -0.4 is 10.6 Å². The molecule has 144 valence electrons. The van der Waals surface area contributed by atoms with Gasteiger partial charge in [0.1, 0.15) is 5.82 Å². The molecule has 1 fully saturated rings. The number of guanidine groups is 1. The number of piperazine rings is 1. The van der Waals surface area contributed by atoms with Gasteiger partial charge in [0.15, 0.2) is 5.96 Å². The minimum Gasteiger partial charge on any atom is -0.370 e. The maximum atomic E-state index is 14.4. The standard InChI is InChI=1S/C19H21FN8/c20-16-4-1-5-17(28-9-3-8-25-28)15(16)14-24-18(21)26-10-12-27(13-11-26)19-22-6-2-7-23-19/h1-9H,10-14H2,(H2,21,24). The summed E-state index contributed by atoms with van der Waals surface area (Å²) in [5.74, 6) is 0.798. The molecule has 28 heavy (non-hydrogen) atoms. The Labute approximate surface area is 162 Å². The molecule has 1 saturated heterocycles. The van der Waals surface area contributed by atoms with E-state index in [0.717, 1.165) is 13.1 Å². The second kappa shape index (κ2) is 8.03. The maximum absolute atomic E-state index is 14.4. The molecule has 1 aliphatic heterocycles. The fourth-order valence-electron chi connectivity index (χ4n) is 3.18. The highest BCUT2D eigenvalue weighted by Crippen LogP contribution is 2.19. The SMILES string of the molecule is NC(=NCc1c(F)cccc1-n1cccn1)N1CCN(c2ncccn2)CC1. The van der Waals surface area contributed by atoms with Gasteiger partial charge in [-0.1, -0.05) is 6.07 Å². The highest BCUT2D eigenvalue weighted by atomic mass is 19.1. The molecule has 0 atom stereocenters.